The van der Waals surface area contributed by atoms with Gasteiger partial charge in [-0.1, -0.05) is 11.8 Å². The molecule has 4 heteroatoms. The van der Waals surface area contributed by atoms with Gasteiger partial charge < -0.3 is 10.8 Å². The van der Waals surface area contributed by atoms with Crippen LogP contribution in [0.25, 0.3) is 0 Å². The molecular weight excluding hydrogens is 192 g/mol. The number of aromatic carboxylic acids is 1. The van der Waals surface area contributed by atoms with E-state index in [4.69, 9.17) is 16.1 Å². The Morgan fingerprint density at radius 3 is 2.80 bits per heavy atom. The number of anilines is 1. The van der Waals surface area contributed by atoms with Gasteiger partial charge in [-0.3, -0.25) is 0 Å². The molecule has 1 rings (SSSR count). The Labute approximate surface area is 86.9 Å². The number of carbonyl (C=O) groups is 1. The number of nitrogens with zero attached hydrogens (tertiary/aromatic N) is 1. The fourth-order valence-corrected chi connectivity index (χ4v) is 1.03. The molecule has 0 heterocycles. The summed E-state index contributed by atoms with van der Waals surface area (Å²) in [5.41, 5.74) is 6.45. The molecule has 0 atom stereocenters. The molecule has 0 aliphatic heterocycles. The van der Waals surface area contributed by atoms with Crippen LogP contribution in [0.2, 0.25) is 0 Å². The third-order valence-electron chi connectivity index (χ3n) is 1.60. The lowest BCUT2D eigenvalue weighted by Crippen LogP contribution is -1.98. The molecule has 0 spiro atoms. The van der Waals surface area contributed by atoms with Gasteiger partial charge in [0.1, 0.15) is 0 Å². The van der Waals surface area contributed by atoms with Crippen molar-refractivity contribution in [1.82, 2.24) is 0 Å². The van der Waals surface area contributed by atoms with Crippen molar-refractivity contribution >= 4 is 11.7 Å². The Morgan fingerprint density at radius 2 is 2.20 bits per heavy atom. The summed E-state index contributed by atoms with van der Waals surface area (Å²) in [4.78, 5) is 10.7. The van der Waals surface area contributed by atoms with E-state index in [9.17, 15) is 4.79 Å². The molecule has 0 saturated carbocycles. The lowest BCUT2D eigenvalue weighted by molar-refractivity contribution is 0.0697. The zero-order valence-electron chi connectivity index (χ0n) is 7.82. The summed E-state index contributed by atoms with van der Waals surface area (Å²) >= 11 is 0. The van der Waals surface area contributed by atoms with E-state index in [1.165, 1.54) is 12.1 Å². The SMILES string of the molecule is N#CCC#Cc1cc(N)cc(C(=O)O)c1. The average molecular weight is 200 g/mol. The largest absolute Gasteiger partial charge is 0.478 e. The quantitative estimate of drug-likeness (QED) is 0.527. The van der Waals surface area contributed by atoms with Crippen LogP contribution >= 0.6 is 0 Å². The maximum atomic E-state index is 10.7. The van der Waals surface area contributed by atoms with Gasteiger partial charge in [-0.2, -0.15) is 5.26 Å². The Bertz CT molecular complexity index is 490. The summed E-state index contributed by atoms with van der Waals surface area (Å²) in [5.74, 6) is 4.20. The highest BCUT2D eigenvalue weighted by Gasteiger charge is 2.04. The topological polar surface area (TPSA) is 87.1 Å². The Kier molecular flexibility index (Phi) is 3.32. The highest BCUT2D eigenvalue weighted by atomic mass is 16.4. The zero-order chi connectivity index (χ0) is 11.3. The highest BCUT2D eigenvalue weighted by Crippen LogP contribution is 2.11. The molecule has 0 radical (unpaired) electrons. The standard InChI is InChI=1S/C11H8N2O2/c12-4-2-1-3-8-5-9(11(14)15)7-10(13)6-8/h5-7H,2,13H2,(H,14,15). The van der Waals surface area contributed by atoms with E-state index in [2.05, 4.69) is 11.8 Å². The minimum atomic E-state index is -1.05. The molecule has 0 amide bonds. The van der Waals surface area contributed by atoms with Gasteiger partial charge >= 0.3 is 5.97 Å². The first kappa shape index (κ1) is 10.6. The molecule has 0 unspecified atom stereocenters. The molecular formula is C11H8N2O2. The van der Waals surface area contributed by atoms with Crippen LogP contribution < -0.4 is 5.73 Å². The predicted octanol–water partition coefficient (Wildman–Crippen LogP) is 1.23. The van der Waals surface area contributed by atoms with Crippen molar-refractivity contribution in [3.8, 4) is 17.9 Å². The minimum absolute atomic E-state index is 0.0938. The fraction of sp³-hybridized carbons (Fsp3) is 0.0909. The van der Waals surface area contributed by atoms with Crippen molar-refractivity contribution in [2.75, 3.05) is 5.73 Å². The van der Waals surface area contributed by atoms with Crippen LogP contribution in [-0.2, 0) is 0 Å². The first-order chi connectivity index (χ1) is 7.13. The van der Waals surface area contributed by atoms with Gasteiger partial charge in [-0.15, -0.1) is 0 Å². The summed E-state index contributed by atoms with van der Waals surface area (Å²) in [7, 11) is 0. The number of nitrogens with two attached hydrogens (primary N) is 1. The second-order valence-electron chi connectivity index (χ2n) is 2.79. The molecule has 0 bridgehead atoms. The van der Waals surface area contributed by atoms with Crippen molar-refractivity contribution in [3.63, 3.8) is 0 Å². The lowest BCUT2D eigenvalue weighted by Gasteiger charge is -1.98. The van der Waals surface area contributed by atoms with Gasteiger partial charge in [-0.25, -0.2) is 4.79 Å². The third kappa shape index (κ3) is 3.06. The smallest absolute Gasteiger partial charge is 0.335 e. The van der Waals surface area contributed by atoms with Crippen molar-refractivity contribution in [2.24, 2.45) is 0 Å². The third-order valence-corrected chi connectivity index (χ3v) is 1.60. The van der Waals surface area contributed by atoms with Crippen molar-refractivity contribution in [3.05, 3.63) is 29.3 Å². The van der Waals surface area contributed by atoms with Gasteiger partial charge in [0.25, 0.3) is 0 Å². The maximum Gasteiger partial charge on any atom is 0.335 e. The lowest BCUT2D eigenvalue weighted by atomic mass is 10.1. The van der Waals surface area contributed by atoms with E-state index in [-0.39, 0.29) is 12.0 Å². The first-order valence-corrected chi connectivity index (χ1v) is 4.13. The van der Waals surface area contributed by atoms with E-state index in [1.807, 2.05) is 6.07 Å². The number of nitriles is 1. The number of rotatable bonds is 1. The van der Waals surface area contributed by atoms with Crippen LogP contribution in [0.3, 0.4) is 0 Å². The number of carboxylic acid groups (broad SMARTS) is 1. The summed E-state index contributed by atoms with van der Waals surface area (Å²) in [6.07, 6.45) is 0.108. The van der Waals surface area contributed by atoms with Gasteiger partial charge in [-0.05, 0) is 18.2 Å². The summed E-state index contributed by atoms with van der Waals surface area (Å²) in [6, 6.07) is 6.21. The summed E-state index contributed by atoms with van der Waals surface area (Å²) < 4.78 is 0. The Morgan fingerprint density at radius 1 is 1.47 bits per heavy atom. The van der Waals surface area contributed by atoms with Crippen LogP contribution in [0.15, 0.2) is 18.2 Å². The maximum absolute atomic E-state index is 10.7. The Hall–Kier alpha value is -2.46. The number of carboxylic acids is 1. The van der Waals surface area contributed by atoms with E-state index >= 15 is 0 Å². The van der Waals surface area contributed by atoms with Gasteiger partial charge in [0, 0.05) is 11.3 Å². The van der Waals surface area contributed by atoms with E-state index in [1.54, 1.807) is 6.07 Å². The Balaban J connectivity index is 3.07. The zero-order valence-corrected chi connectivity index (χ0v) is 7.82. The highest BCUT2D eigenvalue weighted by molar-refractivity contribution is 5.89. The molecule has 3 N–H and O–H groups in total. The number of nitrogen functional groups attached to an aromatic ring is 1. The van der Waals surface area contributed by atoms with Crippen molar-refractivity contribution < 1.29 is 9.90 Å². The van der Waals surface area contributed by atoms with Crippen molar-refractivity contribution in [1.29, 1.82) is 5.26 Å². The van der Waals surface area contributed by atoms with Gasteiger partial charge in [0.2, 0.25) is 0 Å². The molecule has 15 heavy (non-hydrogen) atoms. The number of benzene rings is 1. The van der Waals surface area contributed by atoms with Crippen molar-refractivity contribution in [2.45, 2.75) is 6.42 Å². The summed E-state index contributed by atoms with van der Waals surface area (Å²) in [6.45, 7) is 0. The molecule has 1 aromatic rings. The van der Waals surface area contributed by atoms with E-state index in [0.29, 0.717) is 11.3 Å². The molecule has 4 nitrogen and oxygen atoms in total. The fourth-order valence-electron chi connectivity index (χ4n) is 1.03. The number of hydrogen-bond acceptors (Lipinski definition) is 3. The monoisotopic (exact) mass is 200 g/mol. The molecule has 0 aliphatic rings. The normalized spacial score (nSPS) is 8.47. The van der Waals surface area contributed by atoms with Crippen LogP contribution in [-0.4, -0.2) is 11.1 Å². The van der Waals surface area contributed by atoms with Gasteiger partial charge in [0.15, 0.2) is 0 Å². The molecule has 0 fully saturated rings. The molecule has 0 aliphatic carbocycles. The molecule has 1 aromatic carbocycles. The first-order valence-electron chi connectivity index (χ1n) is 4.13. The number of hydrogen-bond donors (Lipinski definition) is 2. The van der Waals surface area contributed by atoms with E-state index in [0.717, 1.165) is 0 Å². The molecule has 0 saturated heterocycles. The van der Waals surface area contributed by atoms with Crippen LogP contribution in [0.5, 0.6) is 0 Å². The average Bonchev–Trinajstić information content (AvgIpc) is 2.17. The summed E-state index contributed by atoms with van der Waals surface area (Å²) in [5, 5.41) is 17.0. The van der Waals surface area contributed by atoms with Crippen LogP contribution in [0.1, 0.15) is 22.3 Å². The second-order valence-corrected chi connectivity index (χ2v) is 2.79. The van der Waals surface area contributed by atoms with Crippen LogP contribution in [0, 0.1) is 23.2 Å². The van der Waals surface area contributed by atoms with E-state index < -0.39 is 5.97 Å². The second kappa shape index (κ2) is 4.69. The minimum Gasteiger partial charge on any atom is -0.478 e. The van der Waals surface area contributed by atoms with Crippen LogP contribution in [0.4, 0.5) is 5.69 Å². The predicted molar refractivity (Wildman–Crippen MR) is 54.9 cm³/mol. The van der Waals surface area contributed by atoms with Gasteiger partial charge in [0.05, 0.1) is 18.1 Å². The molecule has 74 valence electrons. The molecule has 0 aromatic heterocycles.